The number of aromatic carboxylic acids is 1. The van der Waals surface area contributed by atoms with Crippen LogP contribution in [-0.2, 0) is 13.2 Å². The Hall–Kier alpha value is -4.19. The van der Waals surface area contributed by atoms with Gasteiger partial charge in [0.05, 0.1) is 16.5 Å². The molecule has 1 aliphatic heterocycles. The highest BCUT2D eigenvalue weighted by Crippen LogP contribution is 2.28. The van der Waals surface area contributed by atoms with Crippen molar-refractivity contribution in [2.75, 3.05) is 0 Å². The lowest BCUT2D eigenvalue weighted by molar-refractivity contribution is 0.0697. The topological polar surface area (TPSA) is 81.4 Å². The van der Waals surface area contributed by atoms with E-state index in [-0.39, 0.29) is 11.1 Å². The van der Waals surface area contributed by atoms with Crippen LogP contribution >= 0.6 is 0 Å². The summed E-state index contributed by atoms with van der Waals surface area (Å²) in [7, 11) is 0. The molecule has 0 spiro atoms. The van der Waals surface area contributed by atoms with Gasteiger partial charge in [-0.25, -0.2) is 9.78 Å². The molecule has 0 saturated heterocycles. The molecule has 1 aromatic heterocycles. The molecule has 2 heterocycles. The first-order chi connectivity index (χ1) is 15.6. The van der Waals surface area contributed by atoms with E-state index in [0.29, 0.717) is 36.3 Å². The summed E-state index contributed by atoms with van der Waals surface area (Å²) in [6, 6.07) is 22.2. The van der Waals surface area contributed by atoms with Gasteiger partial charge in [0.15, 0.2) is 0 Å². The monoisotopic (exact) mass is 424 g/mol. The molecule has 0 atom stereocenters. The lowest BCUT2D eigenvalue weighted by Crippen LogP contribution is -2.21. The molecule has 1 aliphatic rings. The minimum absolute atomic E-state index is 0.112. The van der Waals surface area contributed by atoms with E-state index in [1.807, 2.05) is 60.7 Å². The van der Waals surface area contributed by atoms with Crippen molar-refractivity contribution in [3.05, 3.63) is 106 Å². The minimum atomic E-state index is -1.04. The van der Waals surface area contributed by atoms with Gasteiger partial charge in [0.2, 0.25) is 0 Å². The first-order valence-electron chi connectivity index (χ1n) is 10.3. The Morgan fingerprint density at radius 2 is 1.91 bits per heavy atom. The molecule has 4 aromatic rings. The second-order valence-electron chi connectivity index (χ2n) is 7.70. The molecule has 0 unspecified atom stereocenters. The highest BCUT2D eigenvalue weighted by Gasteiger charge is 2.21. The Kier molecular flexibility index (Phi) is 5.03. The lowest BCUT2D eigenvalue weighted by Gasteiger charge is -2.08. The summed E-state index contributed by atoms with van der Waals surface area (Å²) in [6.07, 6.45) is 2.69. The number of ether oxygens (including phenoxy) is 1. The van der Waals surface area contributed by atoms with Crippen molar-refractivity contribution in [1.82, 2.24) is 9.55 Å². The lowest BCUT2D eigenvalue weighted by atomic mass is 10.1. The molecule has 6 nitrogen and oxygen atoms in total. The third kappa shape index (κ3) is 3.78. The molecule has 158 valence electrons. The average Bonchev–Trinajstić information content (AvgIpc) is 3.21. The zero-order valence-electron chi connectivity index (χ0n) is 17.2. The van der Waals surface area contributed by atoms with E-state index in [0.717, 1.165) is 22.4 Å². The van der Waals surface area contributed by atoms with Crippen molar-refractivity contribution >= 4 is 28.5 Å². The van der Waals surface area contributed by atoms with Crippen molar-refractivity contribution in [3.8, 4) is 5.75 Å². The van der Waals surface area contributed by atoms with Crippen molar-refractivity contribution in [3.63, 3.8) is 0 Å². The third-order valence-electron chi connectivity index (χ3n) is 5.54. The predicted octanol–water partition coefficient (Wildman–Crippen LogP) is 4.62. The van der Waals surface area contributed by atoms with E-state index in [1.165, 1.54) is 18.2 Å². The molecule has 6 heteroatoms. The van der Waals surface area contributed by atoms with E-state index < -0.39 is 5.97 Å². The number of fused-ring (bicyclic) bond motifs is 2. The third-order valence-corrected chi connectivity index (χ3v) is 5.54. The van der Waals surface area contributed by atoms with Gasteiger partial charge in [-0.2, -0.15) is 0 Å². The van der Waals surface area contributed by atoms with Crippen molar-refractivity contribution in [1.29, 1.82) is 0 Å². The molecule has 0 amide bonds. The number of carboxylic acid groups (broad SMARTS) is 1. The van der Waals surface area contributed by atoms with Crippen LogP contribution in [0.25, 0.3) is 22.6 Å². The molecule has 0 saturated carbocycles. The van der Waals surface area contributed by atoms with Crippen LogP contribution in [0.1, 0.15) is 33.7 Å². The number of benzene rings is 3. The fourth-order valence-corrected chi connectivity index (χ4v) is 3.92. The van der Waals surface area contributed by atoms with Crippen LogP contribution in [0.3, 0.4) is 0 Å². The number of carboxylic acids is 1. The van der Waals surface area contributed by atoms with Crippen LogP contribution in [0.4, 0.5) is 0 Å². The molecule has 1 N–H and O–H groups in total. The Bertz CT molecular complexity index is 1420. The number of nitrogens with zero attached hydrogens (tertiary/aromatic N) is 2. The van der Waals surface area contributed by atoms with E-state index >= 15 is 0 Å². The second kappa shape index (κ2) is 8.15. The molecule has 32 heavy (non-hydrogen) atoms. The molecule has 0 aliphatic carbocycles. The maximum absolute atomic E-state index is 12.9. The SMILES string of the molecule is O=C(O)c1ccc2c(=O)n3c(nc2c1)/C(=C/c1cccc(OCc2ccccc2)c1)CC3. The van der Waals surface area contributed by atoms with Gasteiger partial charge in [-0.1, -0.05) is 42.5 Å². The Morgan fingerprint density at radius 3 is 2.72 bits per heavy atom. The van der Waals surface area contributed by atoms with Gasteiger partial charge in [-0.15, -0.1) is 0 Å². The summed E-state index contributed by atoms with van der Waals surface area (Å²) in [4.78, 5) is 28.8. The van der Waals surface area contributed by atoms with E-state index in [4.69, 9.17) is 4.74 Å². The van der Waals surface area contributed by atoms with Gasteiger partial charge in [0.1, 0.15) is 18.2 Å². The second-order valence-corrected chi connectivity index (χ2v) is 7.70. The first kappa shape index (κ1) is 19.8. The number of allylic oxidation sites excluding steroid dienone is 1. The Balaban J connectivity index is 1.47. The molecule has 5 rings (SSSR count). The number of rotatable bonds is 5. The van der Waals surface area contributed by atoms with Gasteiger partial charge in [0.25, 0.3) is 5.56 Å². The summed E-state index contributed by atoms with van der Waals surface area (Å²) in [5.41, 5.74) is 3.34. The standard InChI is InChI=1S/C26H20N2O4/c29-25-22-10-9-20(26(30)31)15-23(22)27-24-19(11-12-28(24)25)13-18-7-4-8-21(14-18)32-16-17-5-2-1-3-6-17/h1-10,13-15H,11-12,16H2,(H,30,31)/b19-13+. The smallest absolute Gasteiger partial charge is 0.335 e. The summed E-state index contributed by atoms with van der Waals surface area (Å²) >= 11 is 0. The number of hydrogen-bond donors (Lipinski definition) is 1. The number of hydrogen-bond acceptors (Lipinski definition) is 4. The maximum Gasteiger partial charge on any atom is 0.335 e. The average molecular weight is 424 g/mol. The van der Waals surface area contributed by atoms with E-state index in [1.54, 1.807) is 4.57 Å². The fraction of sp³-hybridized carbons (Fsp3) is 0.115. The Morgan fingerprint density at radius 1 is 1.06 bits per heavy atom. The molecule has 0 fully saturated rings. The van der Waals surface area contributed by atoms with Crippen LogP contribution in [0, 0.1) is 0 Å². The van der Waals surface area contributed by atoms with Crippen molar-refractivity contribution in [2.45, 2.75) is 19.6 Å². The molecule has 3 aromatic carbocycles. The number of aromatic nitrogens is 2. The number of carbonyl (C=O) groups is 1. The van der Waals surface area contributed by atoms with Crippen LogP contribution in [-0.4, -0.2) is 20.6 Å². The van der Waals surface area contributed by atoms with E-state index in [9.17, 15) is 14.7 Å². The van der Waals surface area contributed by atoms with Gasteiger partial charge < -0.3 is 9.84 Å². The fourth-order valence-electron chi connectivity index (χ4n) is 3.92. The van der Waals surface area contributed by atoms with Gasteiger partial charge in [-0.05, 0) is 59.5 Å². The van der Waals surface area contributed by atoms with Crippen LogP contribution in [0.15, 0.2) is 77.6 Å². The zero-order chi connectivity index (χ0) is 22.1. The minimum Gasteiger partial charge on any atom is -0.489 e. The molecular formula is C26H20N2O4. The van der Waals surface area contributed by atoms with Crippen molar-refractivity contribution < 1.29 is 14.6 Å². The van der Waals surface area contributed by atoms with Gasteiger partial charge >= 0.3 is 5.97 Å². The van der Waals surface area contributed by atoms with Crippen molar-refractivity contribution in [2.24, 2.45) is 0 Å². The van der Waals surface area contributed by atoms with Crippen LogP contribution < -0.4 is 10.3 Å². The maximum atomic E-state index is 12.9. The predicted molar refractivity (Wildman–Crippen MR) is 123 cm³/mol. The van der Waals surface area contributed by atoms with E-state index in [2.05, 4.69) is 4.98 Å². The molecule has 0 bridgehead atoms. The zero-order valence-corrected chi connectivity index (χ0v) is 17.2. The first-order valence-corrected chi connectivity index (χ1v) is 10.3. The van der Waals surface area contributed by atoms with Crippen LogP contribution in [0.2, 0.25) is 0 Å². The quantitative estimate of drug-likeness (QED) is 0.506. The molecular weight excluding hydrogens is 404 g/mol. The summed E-state index contributed by atoms with van der Waals surface area (Å²) in [6.45, 7) is 1.03. The van der Waals surface area contributed by atoms with Gasteiger partial charge in [0, 0.05) is 6.54 Å². The summed E-state index contributed by atoms with van der Waals surface area (Å²) in [5, 5.41) is 9.69. The largest absolute Gasteiger partial charge is 0.489 e. The molecule has 0 radical (unpaired) electrons. The highest BCUT2D eigenvalue weighted by atomic mass is 16.5. The van der Waals surface area contributed by atoms with Gasteiger partial charge in [-0.3, -0.25) is 9.36 Å². The normalized spacial score (nSPS) is 13.9. The highest BCUT2D eigenvalue weighted by molar-refractivity contribution is 5.93. The van der Waals surface area contributed by atoms with Crippen LogP contribution in [0.5, 0.6) is 5.75 Å². The summed E-state index contributed by atoms with van der Waals surface area (Å²) < 4.78 is 7.58. The Labute approximate surface area is 184 Å². The summed E-state index contributed by atoms with van der Waals surface area (Å²) in [5.74, 6) is 0.300.